The van der Waals surface area contributed by atoms with Crippen molar-refractivity contribution in [1.82, 2.24) is 9.97 Å². The van der Waals surface area contributed by atoms with Gasteiger partial charge in [-0.15, -0.1) is 0 Å². The summed E-state index contributed by atoms with van der Waals surface area (Å²) in [7, 11) is 0. The normalized spacial score (nSPS) is 10.8. The molecule has 4 nitrogen and oxygen atoms in total. The number of fused-ring (bicyclic) bond motifs is 1. The first-order chi connectivity index (χ1) is 12.6. The Balaban J connectivity index is 1.62. The molecule has 0 atom stereocenters. The number of carbonyl (C=O) groups is 1. The van der Waals surface area contributed by atoms with Gasteiger partial charge in [0.2, 0.25) is 0 Å². The van der Waals surface area contributed by atoms with Gasteiger partial charge in [-0.1, -0.05) is 47.5 Å². The number of amides is 1. The lowest BCUT2D eigenvalue weighted by molar-refractivity contribution is 0.102. The minimum atomic E-state index is -0.298. The van der Waals surface area contributed by atoms with Crippen LogP contribution in [0.15, 0.2) is 66.7 Å². The van der Waals surface area contributed by atoms with Gasteiger partial charge in [0, 0.05) is 16.3 Å². The summed E-state index contributed by atoms with van der Waals surface area (Å²) in [6.07, 6.45) is 0. The molecule has 128 valence electrons. The third-order valence-electron chi connectivity index (χ3n) is 3.96. The number of benzene rings is 3. The zero-order valence-corrected chi connectivity index (χ0v) is 15.0. The lowest BCUT2D eigenvalue weighted by Gasteiger charge is -2.08. The number of hydrogen-bond donors (Lipinski definition) is 2. The zero-order valence-electron chi connectivity index (χ0n) is 13.5. The van der Waals surface area contributed by atoms with Crippen LogP contribution in [0, 0.1) is 0 Å². The average molecular weight is 382 g/mol. The van der Waals surface area contributed by atoms with Crippen molar-refractivity contribution in [3.05, 3.63) is 82.3 Å². The predicted molar refractivity (Wildman–Crippen MR) is 106 cm³/mol. The Morgan fingerprint density at radius 1 is 0.962 bits per heavy atom. The summed E-state index contributed by atoms with van der Waals surface area (Å²) in [5.74, 6) is 0.445. The number of anilines is 1. The molecule has 0 fully saturated rings. The number of hydrogen-bond acceptors (Lipinski definition) is 2. The number of carbonyl (C=O) groups excluding carboxylic acids is 1. The standard InChI is InChI=1S/C20H13Cl2N3O/c21-13-8-9-15(16(22)11-13)20(26)23-14-5-3-4-12(10-14)19-24-17-6-1-2-7-18(17)25-19/h1-11H,(H,23,26)(H,24,25). The van der Waals surface area contributed by atoms with Crippen molar-refractivity contribution in [1.29, 1.82) is 0 Å². The van der Waals surface area contributed by atoms with E-state index in [1.807, 2.05) is 48.5 Å². The highest BCUT2D eigenvalue weighted by Gasteiger charge is 2.12. The van der Waals surface area contributed by atoms with Crippen molar-refractivity contribution in [2.45, 2.75) is 0 Å². The largest absolute Gasteiger partial charge is 0.338 e. The van der Waals surface area contributed by atoms with Crippen molar-refractivity contribution < 1.29 is 4.79 Å². The van der Waals surface area contributed by atoms with Crippen LogP contribution in [-0.2, 0) is 0 Å². The summed E-state index contributed by atoms with van der Waals surface area (Å²) in [5.41, 5.74) is 3.75. The van der Waals surface area contributed by atoms with Gasteiger partial charge < -0.3 is 10.3 Å². The van der Waals surface area contributed by atoms with Crippen molar-refractivity contribution >= 4 is 45.8 Å². The molecule has 0 unspecified atom stereocenters. The van der Waals surface area contributed by atoms with E-state index >= 15 is 0 Å². The first kappa shape index (κ1) is 16.6. The van der Waals surface area contributed by atoms with Crippen molar-refractivity contribution in [3.63, 3.8) is 0 Å². The van der Waals surface area contributed by atoms with Crippen LogP contribution in [-0.4, -0.2) is 15.9 Å². The Morgan fingerprint density at radius 3 is 2.62 bits per heavy atom. The maximum atomic E-state index is 12.5. The molecule has 26 heavy (non-hydrogen) atoms. The maximum absolute atomic E-state index is 12.5. The molecule has 2 N–H and O–H groups in total. The van der Waals surface area contributed by atoms with Gasteiger partial charge in [0.1, 0.15) is 5.82 Å². The van der Waals surface area contributed by atoms with E-state index in [4.69, 9.17) is 23.2 Å². The van der Waals surface area contributed by atoms with Gasteiger partial charge in [-0.25, -0.2) is 4.98 Å². The first-order valence-electron chi connectivity index (χ1n) is 7.92. The van der Waals surface area contributed by atoms with Crippen molar-refractivity contribution in [2.75, 3.05) is 5.32 Å². The Labute approximate surface area is 159 Å². The number of nitrogens with zero attached hydrogens (tertiary/aromatic N) is 1. The molecule has 1 heterocycles. The van der Waals surface area contributed by atoms with Crippen LogP contribution in [0.4, 0.5) is 5.69 Å². The van der Waals surface area contributed by atoms with Gasteiger partial charge >= 0.3 is 0 Å². The number of imidazole rings is 1. The SMILES string of the molecule is O=C(Nc1cccc(-c2nc3ccccc3[nH]2)c1)c1ccc(Cl)cc1Cl. The highest BCUT2D eigenvalue weighted by atomic mass is 35.5. The molecular weight excluding hydrogens is 369 g/mol. The summed E-state index contributed by atoms with van der Waals surface area (Å²) in [6.45, 7) is 0. The minimum Gasteiger partial charge on any atom is -0.338 e. The lowest BCUT2D eigenvalue weighted by Crippen LogP contribution is -2.12. The van der Waals surface area contributed by atoms with Gasteiger partial charge in [0.25, 0.3) is 5.91 Å². The first-order valence-corrected chi connectivity index (χ1v) is 8.67. The molecule has 0 bridgehead atoms. The van der Waals surface area contributed by atoms with Gasteiger partial charge in [-0.05, 0) is 42.5 Å². The average Bonchev–Trinajstić information content (AvgIpc) is 3.06. The molecule has 3 aromatic carbocycles. The lowest BCUT2D eigenvalue weighted by atomic mass is 10.1. The molecule has 6 heteroatoms. The Kier molecular flexibility index (Phi) is 4.37. The van der Waals surface area contributed by atoms with E-state index in [0.29, 0.717) is 21.3 Å². The summed E-state index contributed by atoms with van der Waals surface area (Å²) in [5, 5.41) is 3.65. The molecular formula is C20H13Cl2N3O. The summed E-state index contributed by atoms with van der Waals surface area (Å²) in [6, 6.07) is 20.1. The van der Waals surface area contributed by atoms with Crippen molar-refractivity contribution in [2.24, 2.45) is 0 Å². The number of para-hydroxylation sites is 2. The number of aromatic nitrogens is 2. The second kappa shape index (κ2) is 6.83. The Hall–Kier alpha value is -2.82. The van der Waals surface area contributed by atoms with Crippen LogP contribution < -0.4 is 5.32 Å². The maximum Gasteiger partial charge on any atom is 0.257 e. The fraction of sp³-hybridized carbons (Fsp3) is 0. The second-order valence-electron chi connectivity index (χ2n) is 5.76. The van der Waals surface area contributed by atoms with Gasteiger partial charge in [-0.2, -0.15) is 0 Å². The van der Waals surface area contributed by atoms with E-state index in [2.05, 4.69) is 15.3 Å². The van der Waals surface area contributed by atoms with Crippen LogP contribution in [0.25, 0.3) is 22.4 Å². The molecule has 0 aliphatic rings. The van der Waals surface area contributed by atoms with E-state index in [9.17, 15) is 4.79 Å². The van der Waals surface area contributed by atoms with E-state index in [-0.39, 0.29) is 5.91 Å². The van der Waals surface area contributed by atoms with Gasteiger partial charge in [-0.3, -0.25) is 4.79 Å². The second-order valence-corrected chi connectivity index (χ2v) is 6.61. The quantitative estimate of drug-likeness (QED) is 0.471. The number of aromatic amines is 1. The smallest absolute Gasteiger partial charge is 0.257 e. The van der Waals surface area contributed by atoms with E-state index in [1.54, 1.807) is 18.2 Å². The monoisotopic (exact) mass is 381 g/mol. The van der Waals surface area contributed by atoms with Crippen LogP contribution >= 0.6 is 23.2 Å². The third kappa shape index (κ3) is 3.29. The molecule has 1 aromatic heterocycles. The molecule has 0 saturated carbocycles. The molecule has 0 saturated heterocycles. The van der Waals surface area contributed by atoms with E-state index in [1.165, 1.54) is 0 Å². The highest BCUT2D eigenvalue weighted by molar-refractivity contribution is 6.37. The van der Waals surface area contributed by atoms with Crippen LogP contribution in [0.2, 0.25) is 10.0 Å². The molecule has 0 spiro atoms. The van der Waals surface area contributed by atoms with E-state index in [0.717, 1.165) is 22.4 Å². The predicted octanol–water partition coefficient (Wildman–Crippen LogP) is 5.79. The van der Waals surface area contributed by atoms with Gasteiger partial charge in [0.05, 0.1) is 21.6 Å². The third-order valence-corrected chi connectivity index (χ3v) is 4.51. The molecule has 0 aliphatic heterocycles. The molecule has 4 rings (SSSR count). The van der Waals surface area contributed by atoms with Crippen LogP contribution in [0.3, 0.4) is 0 Å². The van der Waals surface area contributed by atoms with Crippen LogP contribution in [0.5, 0.6) is 0 Å². The van der Waals surface area contributed by atoms with Crippen molar-refractivity contribution in [3.8, 4) is 11.4 Å². The Bertz CT molecular complexity index is 1090. The van der Waals surface area contributed by atoms with Crippen LogP contribution in [0.1, 0.15) is 10.4 Å². The minimum absolute atomic E-state index is 0.298. The molecule has 1 amide bonds. The zero-order chi connectivity index (χ0) is 18.1. The topological polar surface area (TPSA) is 57.8 Å². The molecule has 4 aromatic rings. The fourth-order valence-electron chi connectivity index (χ4n) is 2.71. The number of H-pyrrole nitrogens is 1. The number of halogens is 2. The fourth-order valence-corrected chi connectivity index (χ4v) is 3.20. The Morgan fingerprint density at radius 2 is 1.81 bits per heavy atom. The highest BCUT2D eigenvalue weighted by Crippen LogP contribution is 2.25. The van der Waals surface area contributed by atoms with E-state index < -0.39 is 0 Å². The summed E-state index contributed by atoms with van der Waals surface area (Å²) >= 11 is 12.0. The summed E-state index contributed by atoms with van der Waals surface area (Å²) in [4.78, 5) is 20.3. The summed E-state index contributed by atoms with van der Waals surface area (Å²) < 4.78 is 0. The number of nitrogens with one attached hydrogen (secondary N) is 2. The molecule has 0 aliphatic carbocycles. The van der Waals surface area contributed by atoms with Gasteiger partial charge in [0.15, 0.2) is 0 Å². The number of rotatable bonds is 3. The molecule has 0 radical (unpaired) electrons.